The molecule has 3 heteroatoms. The summed E-state index contributed by atoms with van der Waals surface area (Å²) < 4.78 is 5.35. The lowest BCUT2D eigenvalue weighted by Gasteiger charge is -2.11. The van der Waals surface area contributed by atoms with Crippen LogP contribution in [0.25, 0.3) is 0 Å². The Morgan fingerprint density at radius 2 is 1.56 bits per heavy atom. The molecule has 1 unspecified atom stereocenters. The average Bonchev–Trinajstić information content (AvgIpc) is 2.71. The minimum atomic E-state index is -1.05. The van der Waals surface area contributed by atoms with Crippen molar-refractivity contribution in [2.45, 2.75) is 45.3 Å². The molecule has 0 spiro atoms. The van der Waals surface area contributed by atoms with Gasteiger partial charge in [-0.15, -0.1) is 0 Å². The number of rotatable bonds is 1. The quantitative estimate of drug-likeness (QED) is 0.744. The van der Waals surface area contributed by atoms with E-state index in [0.717, 1.165) is 0 Å². The molecule has 0 aliphatic rings. The topological polar surface area (TPSA) is 53.6 Å². The first kappa shape index (κ1) is 14.4. The Morgan fingerprint density at radius 1 is 1.06 bits per heavy atom. The second-order valence-corrected chi connectivity index (χ2v) is 4.85. The molecule has 0 aliphatic heterocycles. The molecule has 1 rings (SSSR count). The Morgan fingerprint density at radius 3 is 2.00 bits per heavy atom. The van der Waals surface area contributed by atoms with E-state index in [4.69, 9.17) is 4.42 Å². The predicted octanol–water partition coefficient (Wildman–Crippen LogP) is 1.91. The highest BCUT2D eigenvalue weighted by atomic mass is 16.3. The van der Waals surface area contributed by atoms with Crippen molar-refractivity contribution in [3.63, 3.8) is 0 Å². The lowest BCUT2D eigenvalue weighted by Crippen LogP contribution is -2.19. The third kappa shape index (κ3) is 5.10. The van der Waals surface area contributed by atoms with Crippen molar-refractivity contribution < 1.29 is 14.6 Å². The molecule has 18 heavy (non-hydrogen) atoms. The van der Waals surface area contributed by atoms with E-state index in [1.165, 1.54) is 0 Å². The largest absolute Gasteiger partial charge is 0.439 e. The maximum Gasteiger partial charge on any atom is 0.178 e. The molecule has 96 valence electrons. The maximum atomic E-state index is 9.73. The van der Waals surface area contributed by atoms with Gasteiger partial charge in [-0.1, -0.05) is 18.8 Å². The third-order valence-corrected chi connectivity index (χ3v) is 2.24. The summed E-state index contributed by atoms with van der Waals surface area (Å²) in [5.74, 6) is 11.7. The zero-order chi connectivity index (χ0) is 13.8. The number of aliphatic hydroxyl groups is 2. The summed E-state index contributed by atoms with van der Waals surface area (Å²) in [6.07, 6.45) is 0.548. The minimum Gasteiger partial charge on any atom is -0.439 e. The van der Waals surface area contributed by atoms with E-state index in [9.17, 15) is 10.2 Å². The summed E-state index contributed by atoms with van der Waals surface area (Å²) in [5.41, 5.74) is -2.06. The van der Waals surface area contributed by atoms with Crippen LogP contribution in [0, 0.1) is 23.7 Å². The zero-order valence-electron chi connectivity index (χ0n) is 11.2. The van der Waals surface area contributed by atoms with Gasteiger partial charge in [0.2, 0.25) is 0 Å². The van der Waals surface area contributed by atoms with Crippen LogP contribution in [0.1, 0.15) is 45.6 Å². The van der Waals surface area contributed by atoms with Crippen molar-refractivity contribution in [3.05, 3.63) is 23.7 Å². The summed E-state index contributed by atoms with van der Waals surface area (Å²) in [6, 6.07) is 3.37. The van der Waals surface area contributed by atoms with E-state index in [2.05, 4.69) is 23.7 Å². The highest BCUT2D eigenvalue weighted by Gasteiger charge is 2.12. The van der Waals surface area contributed by atoms with Crippen molar-refractivity contribution in [1.82, 2.24) is 0 Å². The van der Waals surface area contributed by atoms with Gasteiger partial charge in [-0.2, -0.15) is 0 Å². The molecule has 0 saturated heterocycles. The highest BCUT2D eigenvalue weighted by molar-refractivity contribution is 5.35. The molecule has 2 N–H and O–H groups in total. The normalized spacial score (nSPS) is 13.9. The lowest BCUT2D eigenvalue weighted by atomic mass is 10.1. The number of hydrogen-bond acceptors (Lipinski definition) is 3. The van der Waals surface area contributed by atoms with Crippen LogP contribution in [-0.2, 0) is 0 Å². The van der Waals surface area contributed by atoms with Crippen LogP contribution in [0.5, 0.6) is 0 Å². The van der Waals surface area contributed by atoms with Gasteiger partial charge in [0.15, 0.2) is 11.5 Å². The second-order valence-electron chi connectivity index (χ2n) is 4.85. The first-order valence-corrected chi connectivity index (χ1v) is 5.83. The Kier molecular flexibility index (Phi) is 4.24. The molecule has 1 aromatic heterocycles. The molecule has 0 amide bonds. The molecule has 0 aromatic carbocycles. The zero-order valence-corrected chi connectivity index (χ0v) is 11.2. The van der Waals surface area contributed by atoms with E-state index in [1.807, 2.05) is 6.92 Å². The van der Waals surface area contributed by atoms with Crippen LogP contribution >= 0.6 is 0 Å². The van der Waals surface area contributed by atoms with Crippen molar-refractivity contribution in [1.29, 1.82) is 0 Å². The Bertz CT molecular complexity index is 522. The summed E-state index contributed by atoms with van der Waals surface area (Å²) >= 11 is 0. The Balaban J connectivity index is 2.84. The standard InChI is InChI=1S/C15H18O3/c1-5-15(4,17)11-9-13-7-6-12(18-13)8-10-14(2,3)16/h6-7,16-17H,5H2,1-4H3. The summed E-state index contributed by atoms with van der Waals surface area (Å²) in [5, 5.41) is 19.2. The van der Waals surface area contributed by atoms with Crippen LogP contribution in [0.2, 0.25) is 0 Å². The summed E-state index contributed by atoms with van der Waals surface area (Å²) in [6.45, 7) is 6.71. The van der Waals surface area contributed by atoms with Crippen LogP contribution in [0.3, 0.4) is 0 Å². The van der Waals surface area contributed by atoms with Gasteiger partial charge in [0.05, 0.1) is 0 Å². The van der Waals surface area contributed by atoms with E-state index in [0.29, 0.717) is 17.9 Å². The van der Waals surface area contributed by atoms with Crippen molar-refractivity contribution in [3.8, 4) is 23.7 Å². The first-order chi connectivity index (χ1) is 8.22. The van der Waals surface area contributed by atoms with E-state index < -0.39 is 11.2 Å². The highest BCUT2D eigenvalue weighted by Crippen LogP contribution is 2.09. The molecule has 0 radical (unpaired) electrons. The van der Waals surface area contributed by atoms with Crippen molar-refractivity contribution >= 4 is 0 Å². The molecule has 0 bridgehead atoms. The van der Waals surface area contributed by atoms with E-state index >= 15 is 0 Å². The number of furan rings is 1. The maximum absolute atomic E-state index is 9.73. The predicted molar refractivity (Wildman–Crippen MR) is 69.7 cm³/mol. The molecule has 0 fully saturated rings. The SMILES string of the molecule is CCC(C)(O)C#Cc1ccc(C#CC(C)(C)O)o1. The first-order valence-electron chi connectivity index (χ1n) is 5.83. The summed E-state index contributed by atoms with van der Waals surface area (Å²) in [4.78, 5) is 0. The van der Waals surface area contributed by atoms with Crippen LogP contribution < -0.4 is 0 Å². The Hall–Kier alpha value is -1.68. The molecule has 1 aromatic rings. The number of hydrogen-bond donors (Lipinski definition) is 2. The van der Waals surface area contributed by atoms with E-state index in [-0.39, 0.29) is 0 Å². The second kappa shape index (κ2) is 5.31. The van der Waals surface area contributed by atoms with Crippen molar-refractivity contribution in [2.75, 3.05) is 0 Å². The minimum absolute atomic E-state index is 0.442. The molecule has 0 saturated carbocycles. The fraction of sp³-hybridized carbons (Fsp3) is 0.467. The van der Waals surface area contributed by atoms with Crippen molar-refractivity contribution in [2.24, 2.45) is 0 Å². The van der Waals surface area contributed by atoms with Gasteiger partial charge < -0.3 is 14.6 Å². The van der Waals surface area contributed by atoms with Gasteiger partial charge in [-0.3, -0.25) is 0 Å². The molecular weight excluding hydrogens is 228 g/mol. The van der Waals surface area contributed by atoms with Gasteiger partial charge in [0, 0.05) is 0 Å². The molecule has 3 nitrogen and oxygen atoms in total. The van der Waals surface area contributed by atoms with Gasteiger partial charge in [-0.25, -0.2) is 0 Å². The van der Waals surface area contributed by atoms with Gasteiger partial charge >= 0.3 is 0 Å². The monoisotopic (exact) mass is 246 g/mol. The van der Waals surface area contributed by atoms with Gasteiger partial charge in [0.25, 0.3) is 0 Å². The van der Waals surface area contributed by atoms with Crippen LogP contribution in [-0.4, -0.2) is 21.4 Å². The smallest absolute Gasteiger partial charge is 0.178 e. The fourth-order valence-electron chi connectivity index (χ4n) is 0.971. The average molecular weight is 246 g/mol. The fourth-order valence-corrected chi connectivity index (χ4v) is 0.971. The Labute approximate surface area is 108 Å². The summed E-state index contributed by atoms with van der Waals surface area (Å²) in [7, 11) is 0. The van der Waals surface area contributed by atoms with Gasteiger partial charge in [-0.05, 0) is 51.2 Å². The van der Waals surface area contributed by atoms with Crippen LogP contribution in [0.15, 0.2) is 16.5 Å². The van der Waals surface area contributed by atoms with E-state index in [1.54, 1.807) is 32.9 Å². The molecular formula is C15H18O3. The third-order valence-electron chi connectivity index (χ3n) is 2.24. The van der Waals surface area contributed by atoms with Gasteiger partial charge in [0.1, 0.15) is 11.2 Å². The lowest BCUT2D eigenvalue weighted by molar-refractivity contribution is 0.118. The molecule has 1 atom stereocenters. The molecule has 1 heterocycles. The van der Waals surface area contributed by atoms with Crippen LogP contribution in [0.4, 0.5) is 0 Å². The molecule has 0 aliphatic carbocycles.